The minimum absolute atomic E-state index is 0.484. The number of ether oxygens (including phenoxy) is 1. The van der Waals surface area contributed by atoms with E-state index in [1.54, 1.807) is 0 Å². The number of anilines is 1. The summed E-state index contributed by atoms with van der Waals surface area (Å²) in [6.45, 7) is 3.56. The van der Waals surface area contributed by atoms with Gasteiger partial charge in [0, 0.05) is 11.8 Å². The first kappa shape index (κ1) is 10.5. The lowest BCUT2D eigenvalue weighted by Crippen LogP contribution is -2.14. The average Bonchev–Trinajstić information content (AvgIpc) is 2.77. The van der Waals surface area contributed by atoms with E-state index in [9.17, 15) is 0 Å². The molecular formula is C11H19N3O. The minimum Gasteiger partial charge on any atom is -0.382 e. The Morgan fingerprint density at radius 1 is 1.53 bits per heavy atom. The van der Waals surface area contributed by atoms with Gasteiger partial charge in [0.05, 0.1) is 19.3 Å². The van der Waals surface area contributed by atoms with Crippen LogP contribution in [0.1, 0.15) is 31.4 Å². The summed E-state index contributed by atoms with van der Waals surface area (Å²) >= 11 is 0. The largest absolute Gasteiger partial charge is 0.382 e. The highest BCUT2D eigenvalue weighted by Crippen LogP contribution is 2.20. The molecule has 2 N–H and O–H groups in total. The summed E-state index contributed by atoms with van der Waals surface area (Å²) in [6, 6.07) is 1.88. The zero-order valence-corrected chi connectivity index (χ0v) is 9.28. The molecule has 0 saturated heterocycles. The van der Waals surface area contributed by atoms with E-state index in [0.717, 1.165) is 18.8 Å². The second-order valence-corrected chi connectivity index (χ2v) is 4.21. The average molecular weight is 209 g/mol. The van der Waals surface area contributed by atoms with Gasteiger partial charge in [-0.25, -0.2) is 0 Å². The van der Waals surface area contributed by atoms with Gasteiger partial charge in [0.25, 0.3) is 0 Å². The van der Waals surface area contributed by atoms with E-state index in [4.69, 9.17) is 10.5 Å². The third kappa shape index (κ3) is 2.72. The molecule has 1 heterocycles. The Labute approximate surface area is 90.4 Å². The first-order valence-corrected chi connectivity index (χ1v) is 5.67. The molecule has 0 bridgehead atoms. The van der Waals surface area contributed by atoms with Crippen LogP contribution in [0.15, 0.2) is 6.07 Å². The van der Waals surface area contributed by atoms with Crippen molar-refractivity contribution in [1.29, 1.82) is 0 Å². The Hall–Kier alpha value is -1.03. The molecule has 0 spiro atoms. The molecule has 0 aliphatic heterocycles. The van der Waals surface area contributed by atoms with Crippen LogP contribution in [0.5, 0.6) is 0 Å². The van der Waals surface area contributed by atoms with Crippen molar-refractivity contribution >= 4 is 5.82 Å². The summed E-state index contributed by atoms with van der Waals surface area (Å²) in [5.74, 6) is 0.591. The third-order valence-corrected chi connectivity index (χ3v) is 2.96. The molecule has 0 radical (unpaired) electrons. The fraction of sp³-hybridized carbons (Fsp3) is 0.727. The van der Waals surface area contributed by atoms with Crippen molar-refractivity contribution in [1.82, 2.24) is 9.78 Å². The fourth-order valence-electron chi connectivity index (χ4n) is 2.12. The molecule has 15 heavy (non-hydrogen) atoms. The van der Waals surface area contributed by atoms with Crippen LogP contribution in [0.4, 0.5) is 5.82 Å². The van der Waals surface area contributed by atoms with Gasteiger partial charge in [0.1, 0.15) is 5.82 Å². The minimum atomic E-state index is 0.484. The number of aromatic nitrogens is 2. The molecular weight excluding hydrogens is 190 g/mol. The van der Waals surface area contributed by atoms with Crippen molar-refractivity contribution < 1.29 is 4.74 Å². The second-order valence-electron chi connectivity index (χ2n) is 4.21. The lowest BCUT2D eigenvalue weighted by molar-refractivity contribution is 0.0512. The number of hydrogen-bond acceptors (Lipinski definition) is 3. The molecule has 0 aromatic carbocycles. The van der Waals surface area contributed by atoms with Crippen LogP contribution in [0.25, 0.3) is 0 Å². The molecule has 0 amide bonds. The summed E-state index contributed by atoms with van der Waals surface area (Å²) in [6.07, 6.45) is 5.57. The van der Waals surface area contributed by atoms with E-state index in [2.05, 4.69) is 5.10 Å². The first-order valence-electron chi connectivity index (χ1n) is 5.67. The number of nitrogens with two attached hydrogens (primary N) is 1. The van der Waals surface area contributed by atoms with Gasteiger partial charge in [-0.3, -0.25) is 4.68 Å². The van der Waals surface area contributed by atoms with E-state index in [-0.39, 0.29) is 0 Å². The summed E-state index contributed by atoms with van der Waals surface area (Å²) in [5, 5.41) is 4.19. The molecule has 1 aromatic heterocycles. The summed E-state index contributed by atoms with van der Waals surface area (Å²) in [4.78, 5) is 0. The molecule has 0 unspecified atom stereocenters. The van der Waals surface area contributed by atoms with Gasteiger partial charge in [-0.1, -0.05) is 12.8 Å². The van der Waals surface area contributed by atoms with Gasteiger partial charge in [0.15, 0.2) is 0 Å². The molecule has 4 nitrogen and oxygen atoms in total. The van der Waals surface area contributed by atoms with Gasteiger partial charge < -0.3 is 10.5 Å². The van der Waals surface area contributed by atoms with Crippen LogP contribution in [0.2, 0.25) is 0 Å². The van der Waals surface area contributed by atoms with Crippen molar-refractivity contribution in [2.24, 2.45) is 0 Å². The lowest BCUT2D eigenvalue weighted by atomic mass is 10.3. The summed E-state index contributed by atoms with van der Waals surface area (Å²) in [5.41, 5.74) is 6.70. The Balaban J connectivity index is 1.75. The maximum atomic E-state index is 5.77. The monoisotopic (exact) mass is 209 g/mol. The van der Waals surface area contributed by atoms with Crippen LogP contribution < -0.4 is 5.73 Å². The highest BCUT2D eigenvalue weighted by molar-refractivity contribution is 5.28. The van der Waals surface area contributed by atoms with Gasteiger partial charge in [-0.15, -0.1) is 0 Å². The van der Waals surface area contributed by atoms with E-state index in [1.165, 1.54) is 25.7 Å². The van der Waals surface area contributed by atoms with Crippen LogP contribution in [0, 0.1) is 6.92 Å². The maximum Gasteiger partial charge on any atom is 0.145 e. The summed E-state index contributed by atoms with van der Waals surface area (Å²) in [7, 11) is 0. The van der Waals surface area contributed by atoms with E-state index in [1.807, 2.05) is 17.7 Å². The van der Waals surface area contributed by atoms with Crippen LogP contribution in [-0.4, -0.2) is 22.5 Å². The fourth-order valence-corrected chi connectivity index (χ4v) is 2.12. The SMILES string of the molecule is Cc1cc(N)nn1CCOC1CCCC1. The number of nitrogen functional groups attached to an aromatic ring is 1. The second kappa shape index (κ2) is 4.66. The molecule has 4 heteroatoms. The van der Waals surface area contributed by atoms with Gasteiger partial charge in [-0.05, 0) is 19.8 Å². The van der Waals surface area contributed by atoms with Crippen molar-refractivity contribution in [3.63, 3.8) is 0 Å². The van der Waals surface area contributed by atoms with Crippen molar-refractivity contribution in [2.45, 2.75) is 45.3 Å². The van der Waals surface area contributed by atoms with Gasteiger partial charge >= 0.3 is 0 Å². The normalized spacial score (nSPS) is 17.4. The first-order chi connectivity index (χ1) is 7.25. The van der Waals surface area contributed by atoms with Crippen LogP contribution >= 0.6 is 0 Å². The maximum absolute atomic E-state index is 5.77. The van der Waals surface area contributed by atoms with Gasteiger partial charge in [-0.2, -0.15) is 5.10 Å². The zero-order chi connectivity index (χ0) is 10.7. The van der Waals surface area contributed by atoms with Crippen LogP contribution in [0.3, 0.4) is 0 Å². The van der Waals surface area contributed by atoms with E-state index >= 15 is 0 Å². The number of nitrogens with zero attached hydrogens (tertiary/aromatic N) is 2. The third-order valence-electron chi connectivity index (χ3n) is 2.96. The Kier molecular flexibility index (Phi) is 3.26. The van der Waals surface area contributed by atoms with Crippen molar-refractivity contribution in [3.8, 4) is 0 Å². The highest BCUT2D eigenvalue weighted by atomic mass is 16.5. The number of hydrogen-bond donors (Lipinski definition) is 1. The summed E-state index contributed by atoms with van der Waals surface area (Å²) < 4.78 is 7.68. The molecule has 1 saturated carbocycles. The van der Waals surface area contributed by atoms with Gasteiger partial charge in [0.2, 0.25) is 0 Å². The zero-order valence-electron chi connectivity index (χ0n) is 9.28. The van der Waals surface area contributed by atoms with E-state index in [0.29, 0.717) is 11.9 Å². The van der Waals surface area contributed by atoms with Crippen molar-refractivity contribution in [2.75, 3.05) is 12.3 Å². The molecule has 1 aliphatic carbocycles. The van der Waals surface area contributed by atoms with Crippen LogP contribution in [-0.2, 0) is 11.3 Å². The molecule has 1 aromatic rings. The quantitative estimate of drug-likeness (QED) is 0.821. The smallest absolute Gasteiger partial charge is 0.145 e. The highest BCUT2D eigenvalue weighted by Gasteiger charge is 2.14. The topological polar surface area (TPSA) is 53.1 Å². The molecule has 84 valence electrons. The van der Waals surface area contributed by atoms with E-state index < -0.39 is 0 Å². The Bertz CT molecular complexity index is 316. The molecule has 0 atom stereocenters. The molecule has 1 fully saturated rings. The lowest BCUT2D eigenvalue weighted by Gasteiger charge is -2.11. The standard InChI is InChI=1S/C11H19N3O/c1-9-8-11(12)13-14(9)6-7-15-10-4-2-3-5-10/h8,10H,2-7H2,1H3,(H2,12,13). The molecule has 1 aliphatic rings. The predicted molar refractivity (Wildman–Crippen MR) is 59.6 cm³/mol. The number of rotatable bonds is 4. The Morgan fingerprint density at radius 2 is 2.27 bits per heavy atom. The van der Waals surface area contributed by atoms with Crippen molar-refractivity contribution in [3.05, 3.63) is 11.8 Å². The Morgan fingerprint density at radius 3 is 2.87 bits per heavy atom. The molecule has 2 rings (SSSR count). The predicted octanol–water partition coefficient (Wildman–Crippen LogP) is 1.73. The number of aryl methyl sites for hydroxylation is 1.